The molecule has 2 atom stereocenters. The Morgan fingerprint density at radius 1 is 1.07 bits per heavy atom. The number of rotatable bonds is 4. The van der Waals surface area contributed by atoms with Crippen LogP contribution in [0.25, 0.3) is 0 Å². The number of methoxy groups -OCH3 is 2. The summed E-state index contributed by atoms with van der Waals surface area (Å²) in [4.78, 5) is 12.1. The van der Waals surface area contributed by atoms with Crippen LogP contribution < -0.4 is 19.2 Å². The lowest BCUT2D eigenvalue weighted by atomic mass is 9.85. The molecule has 2 bridgehead atoms. The predicted molar refractivity (Wildman–Crippen MR) is 106 cm³/mol. The molecule has 0 radical (unpaired) electrons. The largest absolute Gasteiger partial charge is 0.541 e. The number of hydrogen-bond acceptors (Lipinski definition) is 6. The third kappa shape index (κ3) is 3.21. The number of esters is 1. The second-order valence-corrected chi connectivity index (χ2v) is 13.6. The smallest absolute Gasteiger partial charge is 0.323 e. The molecule has 2 aliphatic heterocycles. The van der Waals surface area contributed by atoms with Crippen LogP contribution in [0.1, 0.15) is 43.5 Å². The Hall–Kier alpha value is -1.73. The number of carbonyl (C=O) groups is 1. The standard InChI is InChI=1S/C20H31NO5Si/c1-11-16(23-5)12-9-13-19(22)25-10-14(21-13)15(12)18(17(11)24-6)26-27(7,8)20(2,3)4/h13-14,21H,9-10H2,1-8H3/t13-,14-/m0/s1. The maximum Gasteiger partial charge on any atom is 0.323 e. The van der Waals surface area contributed by atoms with Gasteiger partial charge in [0, 0.05) is 23.1 Å². The van der Waals surface area contributed by atoms with Crippen molar-refractivity contribution in [2.45, 2.75) is 64.3 Å². The van der Waals surface area contributed by atoms with E-state index >= 15 is 0 Å². The summed E-state index contributed by atoms with van der Waals surface area (Å²) in [6.07, 6.45) is 0.520. The number of carbonyl (C=O) groups excluding carboxylic acids is 1. The van der Waals surface area contributed by atoms with Gasteiger partial charge >= 0.3 is 5.97 Å². The van der Waals surface area contributed by atoms with Crippen LogP contribution in [0.3, 0.4) is 0 Å². The van der Waals surface area contributed by atoms with Gasteiger partial charge in [0.15, 0.2) is 11.5 Å². The average Bonchev–Trinajstić information content (AvgIpc) is 2.57. The normalized spacial score (nSPS) is 22.0. The van der Waals surface area contributed by atoms with Crippen molar-refractivity contribution in [3.8, 4) is 17.2 Å². The fourth-order valence-corrected chi connectivity index (χ4v) is 4.64. The molecule has 0 aromatic heterocycles. The number of benzene rings is 1. The highest BCUT2D eigenvalue weighted by molar-refractivity contribution is 6.74. The SMILES string of the molecule is COc1c(C)c(OC)c(O[Si](C)(C)C(C)(C)C)c2c1C[C@@H]1N[C@H]2COC1=O. The van der Waals surface area contributed by atoms with Crippen LogP contribution >= 0.6 is 0 Å². The minimum atomic E-state index is -2.11. The molecule has 3 rings (SSSR count). The molecular formula is C20H31NO5Si. The Balaban J connectivity index is 2.24. The van der Waals surface area contributed by atoms with E-state index in [0.717, 1.165) is 28.2 Å². The van der Waals surface area contributed by atoms with Crippen molar-refractivity contribution in [2.75, 3.05) is 20.8 Å². The van der Waals surface area contributed by atoms with Gasteiger partial charge in [0.1, 0.15) is 18.4 Å². The molecule has 1 fully saturated rings. The van der Waals surface area contributed by atoms with Gasteiger partial charge < -0.3 is 18.6 Å². The molecule has 0 unspecified atom stereocenters. The number of cyclic esters (lactones) is 1. The van der Waals surface area contributed by atoms with Crippen molar-refractivity contribution in [3.63, 3.8) is 0 Å². The van der Waals surface area contributed by atoms with E-state index in [9.17, 15) is 4.79 Å². The number of ether oxygens (including phenoxy) is 3. The molecule has 0 aliphatic carbocycles. The fourth-order valence-electron chi connectivity index (χ4n) is 3.62. The highest BCUT2D eigenvalue weighted by Crippen LogP contribution is 2.51. The van der Waals surface area contributed by atoms with Crippen molar-refractivity contribution in [1.82, 2.24) is 5.32 Å². The second kappa shape index (κ2) is 6.70. The molecule has 2 aliphatic rings. The molecule has 1 aromatic carbocycles. The summed E-state index contributed by atoms with van der Waals surface area (Å²) in [6, 6.07) is -0.474. The summed E-state index contributed by atoms with van der Waals surface area (Å²) in [5.41, 5.74) is 2.93. The Morgan fingerprint density at radius 3 is 2.26 bits per heavy atom. The summed E-state index contributed by atoms with van der Waals surface area (Å²) in [5, 5.41) is 3.44. The molecule has 0 saturated carbocycles. The first kappa shape index (κ1) is 20.0. The van der Waals surface area contributed by atoms with E-state index < -0.39 is 8.32 Å². The van der Waals surface area contributed by atoms with Gasteiger partial charge in [0.25, 0.3) is 8.32 Å². The molecule has 0 amide bonds. The van der Waals surface area contributed by atoms with E-state index in [-0.39, 0.29) is 29.7 Å². The maximum atomic E-state index is 12.1. The topological polar surface area (TPSA) is 66.0 Å². The molecule has 1 aromatic rings. The van der Waals surface area contributed by atoms with Gasteiger partial charge in [-0.2, -0.15) is 0 Å². The van der Waals surface area contributed by atoms with E-state index in [1.54, 1.807) is 14.2 Å². The van der Waals surface area contributed by atoms with E-state index in [2.05, 4.69) is 39.2 Å². The lowest BCUT2D eigenvalue weighted by Crippen LogP contribution is -2.52. The third-order valence-corrected chi connectivity index (χ3v) is 10.5. The van der Waals surface area contributed by atoms with Gasteiger partial charge in [-0.1, -0.05) is 20.8 Å². The molecule has 7 heteroatoms. The fraction of sp³-hybridized carbons (Fsp3) is 0.650. The van der Waals surface area contributed by atoms with Crippen LogP contribution in [0.15, 0.2) is 0 Å². The Morgan fingerprint density at radius 2 is 1.70 bits per heavy atom. The number of hydrogen-bond donors (Lipinski definition) is 1. The summed E-state index contributed by atoms with van der Waals surface area (Å²) >= 11 is 0. The Labute approximate surface area is 162 Å². The molecular weight excluding hydrogens is 362 g/mol. The van der Waals surface area contributed by atoms with Crippen LogP contribution in [-0.4, -0.2) is 41.2 Å². The van der Waals surface area contributed by atoms with Gasteiger partial charge in [-0.25, -0.2) is 0 Å². The minimum Gasteiger partial charge on any atom is -0.541 e. The monoisotopic (exact) mass is 393 g/mol. The van der Waals surface area contributed by atoms with Crippen molar-refractivity contribution >= 4 is 14.3 Å². The van der Waals surface area contributed by atoms with Gasteiger partial charge in [0.2, 0.25) is 0 Å². The zero-order chi connectivity index (χ0) is 20.1. The summed E-state index contributed by atoms with van der Waals surface area (Å²) in [7, 11) is 1.20. The minimum absolute atomic E-state index is 0.0440. The van der Waals surface area contributed by atoms with Crippen molar-refractivity contribution in [3.05, 3.63) is 16.7 Å². The van der Waals surface area contributed by atoms with E-state index in [4.69, 9.17) is 18.6 Å². The molecule has 150 valence electrons. The number of fused-ring (bicyclic) bond motifs is 4. The van der Waals surface area contributed by atoms with Crippen molar-refractivity contribution < 1.29 is 23.4 Å². The molecule has 0 spiro atoms. The molecule has 6 nitrogen and oxygen atoms in total. The van der Waals surface area contributed by atoms with E-state index in [1.165, 1.54) is 0 Å². The highest BCUT2D eigenvalue weighted by Gasteiger charge is 2.45. The van der Waals surface area contributed by atoms with Gasteiger partial charge in [0.05, 0.1) is 20.3 Å². The molecule has 1 saturated heterocycles. The van der Waals surface area contributed by atoms with Crippen molar-refractivity contribution in [1.29, 1.82) is 0 Å². The van der Waals surface area contributed by atoms with Gasteiger partial charge in [-0.05, 0) is 25.1 Å². The van der Waals surface area contributed by atoms with Crippen LogP contribution in [0.5, 0.6) is 17.2 Å². The first-order valence-electron chi connectivity index (χ1n) is 9.40. The highest BCUT2D eigenvalue weighted by atomic mass is 28.4. The number of morpholine rings is 1. The lowest BCUT2D eigenvalue weighted by Gasteiger charge is -2.42. The average molecular weight is 394 g/mol. The van der Waals surface area contributed by atoms with Crippen LogP contribution in [0.4, 0.5) is 0 Å². The van der Waals surface area contributed by atoms with Crippen LogP contribution in [0.2, 0.25) is 18.1 Å². The van der Waals surface area contributed by atoms with E-state index in [0.29, 0.717) is 12.2 Å². The Kier molecular flexibility index (Phi) is 4.97. The number of nitrogens with one attached hydrogen (secondary N) is 1. The zero-order valence-electron chi connectivity index (χ0n) is 17.6. The summed E-state index contributed by atoms with van der Waals surface area (Å²) < 4.78 is 23.7. The summed E-state index contributed by atoms with van der Waals surface area (Å²) in [5.74, 6) is 2.04. The first-order chi connectivity index (χ1) is 12.5. The first-order valence-corrected chi connectivity index (χ1v) is 12.3. The summed E-state index contributed by atoms with van der Waals surface area (Å²) in [6.45, 7) is 13.3. The maximum absolute atomic E-state index is 12.1. The Bertz CT molecular complexity index is 769. The van der Waals surface area contributed by atoms with Crippen LogP contribution in [0, 0.1) is 6.92 Å². The molecule has 1 N–H and O–H groups in total. The lowest BCUT2D eigenvalue weighted by molar-refractivity contribution is -0.152. The predicted octanol–water partition coefficient (Wildman–Crippen LogP) is 3.51. The third-order valence-electron chi connectivity index (χ3n) is 6.14. The van der Waals surface area contributed by atoms with E-state index in [1.807, 2.05) is 6.92 Å². The van der Waals surface area contributed by atoms with Crippen molar-refractivity contribution in [2.24, 2.45) is 0 Å². The van der Waals surface area contributed by atoms with Gasteiger partial charge in [-0.3, -0.25) is 10.1 Å². The molecule has 2 heterocycles. The second-order valence-electron chi connectivity index (χ2n) is 8.88. The van der Waals surface area contributed by atoms with Gasteiger partial charge in [-0.15, -0.1) is 0 Å². The quantitative estimate of drug-likeness (QED) is 0.624. The zero-order valence-corrected chi connectivity index (χ0v) is 18.6. The van der Waals surface area contributed by atoms with Crippen LogP contribution in [-0.2, 0) is 16.0 Å². The molecule has 27 heavy (non-hydrogen) atoms.